The Kier molecular flexibility index (Phi) is 9.14. The van der Waals surface area contributed by atoms with Crippen LogP contribution in [0.5, 0.6) is 17.2 Å². The summed E-state index contributed by atoms with van der Waals surface area (Å²) < 4.78 is 46.1. The lowest BCUT2D eigenvalue weighted by Crippen LogP contribution is -2.39. The maximum Gasteiger partial charge on any atom is 0.387 e. The first-order valence-electron chi connectivity index (χ1n) is 9.71. The second-order valence-corrected chi connectivity index (χ2v) is 6.91. The molecule has 1 aliphatic rings. The third kappa shape index (κ3) is 6.34. The fourth-order valence-corrected chi connectivity index (χ4v) is 3.35. The van der Waals surface area contributed by atoms with Crippen molar-refractivity contribution in [1.29, 1.82) is 0 Å². The molecule has 31 heavy (non-hydrogen) atoms. The van der Waals surface area contributed by atoms with Gasteiger partial charge < -0.3 is 29.4 Å². The molecule has 0 bridgehead atoms. The first kappa shape index (κ1) is 25.0. The minimum Gasteiger partial charge on any atom is -0.454 e. The van der Waals surface area contributed by atoms with Crippen LogP contribution in [0.4, 0.5) is 8.78 Å². The molecule has 11 heteroatoms. The molecule has 0 amide bonds. The lowest BCUT2D eigenvalue weighted by Gasteiger charge is -2.16. The van der Waals surface area contributed by atoms with Gasteiger partial charge in [-0.1, -0.05) is 12.1 Å². The number of benzene rings is 1. The van der Waals surface area contributed by atoms with Crippen LogP contribution in [0.3, 0.4) is 0 Å². The van der Waals surface area contributed by atoms with Crippen molar-refractivity contribution in [3.63, 3.8) is 0 Å². The maximum absolute atomic E-state index is 12.8. The number of hydrogen-bond donors (Lipinski definition) is 2. The van der Waals surface area contributed by atoms with Crippen molar-refractivity contribution >= 4 is 29.9 Å². The molecule has 1 unspecified atom stereocenters. The fraction of sp³-hybridized carbons (Fsp3) is 0.500. The lowest BCUT2D eigenvalue weighted by atomic mass is 10.00. The Balaban J connectivity index is 0.00000341. The SMILES string of the molecule is CCNC(=NCc1cc2c(cc1OC(F)F)OCO2)NCC(C)c1c(C)noc1C.I. The molecule has 1 aliphatic heterocycles. The predicted octanol–water partition coefficient (Wildman–Crippen LogP) is 4.10. The molecule has 0 fully saturated rings. The number of halogens is 3. The molecule has 2 heterocycles. The summed E-state index contributed by atoms with van der Waals surface area (Å²) in [6.45, 7) is 6.25. The number of aryl methyl sites for hydroxylation is 2. The van der Waals surface area contributed by atoms with Gasteiger partial charge in [-0.15, -0.1) is 24.0 Å². The monoisotopic (exact) mass is 552 g/mol. The van der Waals surface area contributed by atoms with Crippen molar-refractivity contribution < 1.29 is 27.5 Å². The molecule has 0 saturated carbocycles. The summed E-state index contributed by atoms with van der Waals surface area (Å²) in [4.78, 5) is 4.51. The molecule has 0 spiro atoms. The van der Waals surface area contributed by atoms with Crippen molar-refractivity contribution in [2.24, 2.45) is 4.99 Å². The second-order valence-electron chi connectivity index (χ2n) is 6.91. The number of hydrogen-bond acceptors (Lipinski definition) is 6. The Morgan fingerprint density at radius 1 is 1.23 bits per heavy atom. The van der Waals surface area contributed by atoms with E-state index in [1.165, 1.54) is 6.07 Å². The van der Waals surface area contributed by atoms with Crippen LogP contribution >= 0.6 is 24.0 Å². The molecule has 1 aromatic carbocycles. The predicted molar refractivity (Wildman–Crippen MR) is 122 cm³/mol. The number of nitrogens with one attached hydrogen (secondary N) is 2. The molecule has 1 atom stereocenters. The number of guanidine groups is 1. The van der Waals surface area contributed by atoms with Gasteiger partial charge in [0, 0.05) is 36.2 Å². The number of nitrogens with zero attached hydrogens (tertiary/aromatic N) is 2. The quantitative estimate of drug-likeness (QED) is 0.290. The van der Waals surface area contributed by atoms with E-state index in [0.717, 1.165) is 17.0 Å². The van der Waals surface area contributed by atoms with Gasteiger partial charge in [-0.05, 0) is 26.8 Å². The Hall–Kier alpha value is -2.31. The van der Waals surface area contributed by atoms with E-state index in [-0.39, 0.29) is 49.0 Å². The van der Waals surface area contributed by atoms with E-state index in [4.69, 9.17) is 14.0 Å². The van der Waals surface area contributed by atoms with E-state index in [2.05, 4.69) is 32.4 Å². The van der Waals surface area contributed by atoms with E-state index in [9.17, 15) is 8.78 Å². The van der Waals surface area contributed by atoms with Gasteiger partial charge in [0.05, 0.1) is 12.2 Å². The first-order valence-corrected chi connectivity index (χ1v) is 9.71. The molecule has 2 aromatic rings. The highest BCUT2D eigenvalue weighted by Crippen LogP contribution is 2.39. The van der Waals surface area contributed by atoms with Gasteiger partial charge in [0.2, 0.25) is 6.79 Å². The molecule has 0 radical (unpaired) electrons. The third-order valence-corrected chi connectivity index (χ3v) is 4.68. The minimum absolute atomic E-state index is 0. The Labute approximate surface area is 196 Å². The Morgan fingerprint density at radius 3 is 2.55 bits per heavy atom. The summed E-state index contributed by atoms with van der Waals surface area (Å²) in [5, 5.41) is 10.4. The van der Waals surface area contributed by atoms with Crippen molar-refractivity contribution in [3.05, 3.63) is 34.7 Å². The molecule has 0 saturated heterocycles. The Morgan fingerprint density at radius 2 is 1.94 bits per heavy atom. The van der Waals surface area contributed by atoms with Gasteiger partial charge in [-0.3, -0.25) is 0 Å². The van der Waals surface area contributed by atoms with E-state index < -0.39 is 6.61 Å². The first-order chi connectivity index (χ1) is 14.4. The van der Waals surface area contributed by atoms with Crippen molar-refractivity contribution in [2.45, 2.75) is 46.8 Å². The smallest absolute Gasteiger partial charge is 0.387 e. The average Bonchev–Trinajstić information content (AvgIpc) is 3.28. The van der Waals surface area contributed by atoms with Crippen LogP contribution in [0.2, 0.25) is 0 Å². The number of alkyl halides is 2. The number of aromatic nitrogens is 1. The summed E-state index contributed by atoms with van der Waals surface area (Å²) in [7, 11) is 0. The summed E-state index contributed by atoms with van der Waals surface area (Å²) in [6.07, 6.45) is 0. The van der Waals surface area contributed by atoms with Gasteiger partial charge in [-0.2, -0.15) is 8.78 Å². The van der Waals surface area contributed by atoms with Gasteiger partial charge in [0.1, 0.15) is 11.5 Å². The Bertz CT molecular complexity index is 888. The van der Waals surface area contributed by atoms with E-state index >= 15 is 0 Å². The molecular weight excluding hydrogens is 525 g/mol. The normalized spacial score (nSPS) is 13.7. The topological polar surface area (TPSA) is 90.1 Å². The summed E-state index contributed by atoms with van der Waals surface area (Å²) in [5.41, 5.74) is 2.38. The fourth-order valence-electron chi connectivity index (χ4n) is 3.35. The highest BCUT2D eigenvalue weighted by atomic mass is 127. The van der Waals surface area contributed by atoms with Gasteiger partial charge >= 0.3 is 6.61 Å². The molecule has 3 rings (SSSR count). The zero-order valence-electron chi connectivity index (χ0n) is 17.8. The maximum atomic E-state index is 12.8. The summed E-state index contributed by atoms with van der Waals surface area (Å²) in [6, 6.07) is 3.01. The number of aliphatic imine (C=N–C) groups is 1. The molecule has 0 aliphatic carbocycles. The highest BCUT2D eigenvalue weighted by Gasteiger charge is 2.20. The zero-order valence-corrected chi connectivity index (χ0v) is 20.2. The largest absolute Gasteiger partial charge is 0.454 e. The number of ether oxygens (including phenoxy) is 3. The van der Waals surface area contributed by atoms with Crippen LogP contribution in [0.25, 0.3) is 0 Å². The van der Waals surface area contributed by atoms with E-state index in [0.29, 0.717) is 36.1 Å². The highest BCUT2D eigenvalue weighted by molar-refractivity contribution is 14.0. The molecule has 8 nitrogen and oxygen atoms in total. The summed E-state index contributed by atoms with van der Waals surface area (Å²) in [5.74, 6) is 2.35. The van der Waals surface area contributed by atoms with Crippen molar-refractivity contribution in [2.75, 3.05) is 19.9 Å². The van der Waals surface area contributed by atoms with Gasteiger partial charge in [0.25, 0.3) is 0 Å². The van der Waals surface area contributed by atoms with E-state index in [1.54, 1.807) is 6.07 Å². The summed E-state index contributed by atoms with van der Waals surface area (Å²) >= 11 is 0. The van der Waals surface area contributed by atoms with Crippen LogP contribution in [0, 0.1) is 13.8 Å². The van der Waals surface area contributed by atoms with Crippen molar-refractivity contribution in [1.82, 2.24) is 15.8 Å². The number of fused-ring (bicyclic) bond motifs is 1. The van der Waals surface area contributed by atoms with Crippen LogP contribution in [-0.2, 0) is 6.54 Å². The lowest BCUT2D eigenvalue weighted by molar-refractivity contribution is -0.0505. The minimum atomic E-state index is -2.95. The van der Waals surface area contributed by atoms with Crippen LogP contribution in [0.1, 0.15) is 42.3 Å². The van der Waals surface area contributed by atoms with Gasteiger partial charge in [-0.25, -0.2) is 4.99 Å². The van der Waals surface area contributed by atoms with Gasteiger partial charge in [0.15, 0.2) is 17.5 Å². The van der Waals surface area contributed by atoms with E-state index in [1.807, 2.05) is 20.8 Å². The third-order valence-electron chi connectivity index (χ3n) is 4.68. The molecule has 1 aromatic heterocycles. The average molecular weight is 552 g/mol. The van der Waals surface area contributed by atoms with Crippen LogP contribution in [0.15, 0.2) is 21.6 Å². The zero-order chi connectivity index (χ0) is 21.7. The van der Waals surface area contributed by atoms with Crippen LogP contribution < -0.4 is 24.8 Å². The molecular formula is C20H27F2IN4O4. The second kappa shape index (κ2) is 11.3. The number of rotatable bonds is 8. The standard InChI is InChI=1S/C20H26F2N4O4.HI/c1-5-23-20(24-8-11(2)18-12(3)26-30-13(18)4)25-9-14-6-16-17(28-10-27-16)7-15(14)29-19(21)22;/h6-7,11,19H,5,8-10H2,1-4H3,(H2,23,24,25);1H. The molecule has 2 N–H and O–H groups in total. The van der Waals surface area contributed by atoms with Crippen LogP contribution in [-0.4, -0.2) is 37.6 Å². The molecule has 172 valence electrons. The van der Waals surface area contributed by atoms with Crippen molar-refractivity contribution in [3.8, 4) is 17.2 Å².